The molecular formula is C14H12N2. The third kappa shape index (κ3) is 1.24. The first-order valence-corrected chi connectivity index (χ1v) is 5.20. The lowest BCUT2D eigenvalue weighted by Crippen LogP contribution is -2.30. The van der Waals surface area contributed by atoms with E-state index in [9.17, 15) is 0 Å². The maximum Gasteiger partial charge on any atom is 0.274 e. The van der Waals surface area contributed by atoms with Crippen LogP contribution in [0.25, 0.3) is 10.4 Å². The summed E-state index contributed by atoms with van der Waals surface area (Å²) in [5.74, 6) is -0.361. The zero-order chi connectivity index (χ0) is 11.8. The largest absolute Gasteiger partial charge is 0.304 e. The number of hydrogen-bond donors (Lipinski definition) is 0. The Morgan fingerprint density at radius 1 is 1.44 bits per heavy atom. The first-order valence-electron chi connectivity index (χ1n) is 5.20. The highest BCUT2D eigenvalue weighted by Gasteiger charge is 2.45. The smallest absolute Gasteiger partial charge is 0.274 e. The molecule has 1 aromatic rings. The lowest BCUT2D eigenvalue weighted by molar-refractivity contribution is 0.500. The second-order valence-electron chi connectivity index (χ2n) is 4.26. The van der Waals surface area contributed by atoms with Crippen molar-refractivity contribution in [3.63, 3.8) is 0 Å². The van der Waals surface area contributed by atoms with E-state index in [2.05, 4.69) is 10.9 Å². The Morgan fingerprint density at radius 3 is 2.75 bits per heavy atom. The van der Waals surface area contributed by atoms with Crippen LogP contribution in [0.2, 0.25) is 0 Å². The van der Waals surface area contributed by atoms with E-state index in [1.165, 1.54) is 0 Å². The van der Waals surface area contributed by atoms with Crippen molar-refractivity contribution in [2.24, 2.45) is 5.92 Å². The second-order valence-corrected chi connectivity index (χ2v) is 4.26. The molecule has 0 spiro atoms. The quantitative estimate of drug-likeness (QED) is 0.601. The maximum absolute atomic E-state index is 9.16. The minimum absolute atomic E-state index is 0.361. The number of nitrogens with zero attached hydrogens (tertiary/aromatic N) is 2. The Morgan fingerprint density at radius 2 is 2.12 bits per heavy atom. The van der Waals surface area contributed by atoms with E-state index >= 15 is 0 Å². The zero-order valence-electron chi connectivity index (χ0n) is 9.36. The molecule has 0 aromatic heterocycles. The summed E-state index contributed by atoms with van der Waals surface area (Å²) in [7, 11) is 0. The Labute approximate surface area is 95.7 Å². The first-order chi connectivity index (χ1) is 7.63. The summed E-state index contributed by atoms with van der Waals surface area (Å²) in [6, 6.07) is 10.1. The van der Waals surface area contributed by atoms with E-state index in [0.29, 0.717) is 0 Å². The monoisotopic (exact) mass is 208 g/mol. The van der Waals surface area contributed by atoms with Gasteiger partial charge in [0.2, 0.25) is 0 Å². The Hall–Kier alpha value is -2.06. The van der Waals surface area contributed by atoms with Crippen LogP contribution in [0.1, 0.15) is 25.0 Å². The number of rotatable bonds is 0. The van der Waals surface area contributed by atoms with Gasteiger partial charge in [-0.05, 0) is 18.1 Å². The minimum Gasteiger partial charge on any atom is -0.304 e. The van der Waals surface area contributed by atoms with Gasteiger partial charge in [-0.25, -0.2) is 6.57 Å². The van der Waals surface area contributed by atoms with Gasteiger partial charge in [-0.15, -0.1) is 0 Å². The summed E-state index contributed by atoms with van der Waals surface area (Å²) in [5, 5.41) is 9.16. The Balaban J connectivity index is 2.74. The van der Waals surface area contributed by atoms with E-state index in [4.69, 9.17) is 11.8 Å². The van der Waals surface area contributed by atoms with Crippen LogP contribution in [0, 0.1) is 23.8 Å². The van der Waals surface area contributed by atoms with Crippen LogP contribution in [0.4, 0.5) is 0 Å². The molecule has 0 N–H and O–H groups in total. The van der Waals surface area contributed by atoms with Gasteiger partial charge < -0.3 is 4.85 Å². The van der Waals surface area contributed by atoms with Crippen molar-refractivity contribution in [1.29, 1.82) is 5.26 Å². The normalized spacial score (nSPS) is 27.2. The van der Waals surface area contributed by atoms with Gasteiger partial charge in [0.25, 0.3) is 5.54 Å². The standard InChI is InChI=1S/C14H12N2/c1-10-8-11(9-15)14(2,16-3)13-7-5-4-6-12(10)13/h4-8,11H,1-2H3. The number of allylic oxidation sites excluding steroid dienone is 1. The summed E-state index contributed by atoms with van der Waals surface area (Å²) in [6.45, 7) is 11.2. The predicted molar refractivity (Wildman–Crippen MR) is 63.2 cm³/mol. The average Bonchev–Trinajstić information content (AvgIpc) is 2.34. The van der Waals surface area contributed by atoms with E-state index < -0.39 is 5.54 Å². The van der Waals surface area contributed by atoms with Crippen LogP contribution in [-0.2, 0) is 5.54 Å². The Kier molecular flexibility index (Phi) is 2.29. The van der Waals surface area contributed by atoms with Gasteiger partial charge in [0, 0.05) is 12.5 Å². The summed E-state index contributed by atoms with van der Waals surface area (Å²) < 4.78 is 0. The molecule has 78 valence electrons. The lowest BCUT2D eigenvalue weighted by atomic mass is 9.73. The van der Waals surface area contributed by atoms with Gasteiger partial charge in [0.1, 0.15) is 5.92 Å². The molecule has 0 saturated heterocycles. The van der Waals surface area contributed by atoms with E-state index in [0.717, 1.165) is 16.7 Å². The third-order valence-corrected chi connectivity index (χ3v) is 3.29. The van der Waals surface area contributed by atoms with Gasteiger partial charge >= 0.3 is 0 Å². The fourth-order valence-electron chi connectivity index (χ4n) is 2.23. The van der Waals surface area contributed by atoms with Crippen molar-refractivity contribution in [3.05, 3.63) is 52.9 Å². The first kappa shape index (κ1) is 10.5. The number of nitriles is 1. The highest BCUT2D eigenvalue weighted by molar-refractivity contribution is 5.72. The van der Waals surface area contributed by atoms with E-state index in [1.54, 1.807) is 0 Å². The van der Waals surface area contributed by atoms with Crippen LogP contribution < -0.4 is 0 Å². The molecule has 2 nitrogen and oxygen atoms in total. The van der Waals surface area contributed by atoms with Gasteiger partial charge in [0.15, 0.2) is 0 Å². The van der Waals surface area contributed by atoms with Crippen LogP contribution in [-0.4, -0.2) is 0 Å². The molecule has 1 aliphatic carbocycles. The molecule has 0 fully saturated rings. The predicted octanol–water partition coefficient (Wildman–Crippen LogP) is 3.38. The molecule has 0 amide bonds. The summed E-state index contributed by atoms with van der Waals surface area (Å²) in [4.78, 5) is 3.69. The molecular weight excluding hydrogens is 196 g/mol. The number of fused-ring (bicyclic) bond motifs is 1. The van der Waals surface area contributed by atoms with Crippen molar-refractivity contribution >= 4 is 5.57 Å². The fraction of sp³-hybridized carbons (Fsp3) is 0.286. The van der Waals surface area contributed by atoms with Crippen LogP contribution >= 0.6 is 0 Å². The minimum atomic E-state index is -0.745. The number of benzene rings is 1. The molecule has 0 saturated carbocycles. The molecule has 0 heterocycles. The van der Waals surface area contributed by atoms with Gasteiger partial charge in [-0.2, -0.15) is 5.26 Å². The van der Waals surface area contributed by atoms with E-state index in [-0.39, 0.29) is 5.92 Å². The van der Waals surface area contributed by atoms with Crippen molar-refractivity contribution in [3.8, 4) is 6.07 Å². The van der Waals surface area contributed by atoms with Crippen molar-refractivity contribution < 1.29 is 0 Å². The molecule has 0 bridgehead atoms. The van der Waals surface area contributed by atoms with Gasteiger partial charge in [0.05, 0.1) is 6.07 Å². The molecule has 2 atom stereocenters. The highest BCUT2D eigenvalue weighted by Crippen LogP contribution is 2.43. The lowest BCUT2D eigenvalue weighted by Gasteiger charge is -2.28. The molecule has 0 radical (unpaired) electrons. The second kappa shape index (κ2) is 3.51. The topological polar surface area (TPSA) is 28.1 Å². The molecule has 2 unspecified atom stereocenters. The van der Waals surface area contributed by atoms with Crippen LogP contribution in [0.3, 0.4) is 0 Å². The number of hydrogen-bond acceptors (Lipinski definition) is 1. The average molecular weight is 208 g/mol. The molecule has 2 heteroatoms. The zero-order valence-corrected chi connectivity index (χ0v) is 9.36. The van der Waals surface area contributed by atoms with Crippen molar-refractivity contribution in [1.82, 2.24) is 0 Å². The van der Waals surface area contributed by atoms with E-state index in [1.807, 2.05) is 44.2 Å². The van der Waals surface area contributed by atoms with Crippen molar-refractivity contribution in [2.45, 2.75) is 19.4 Å². The van der Waals surface area contributed by atoms with Crippen LogP contribution in [0.15, 0.2) is 30.3 Å². The molecule has 1 aromatic carbocycles. The third-order valence-electron chi connectivity index (χ3n) is 3.29. The molecule has 0 aliphatic heterocycles. The fourth-order valence-corrected chi connectivity index (χ4v) is 2.23. The van der Waals surface area contributed by atoms with Crippen molar-refractivity contribution in [2.75, 3.05) is 0 Å². The maximum atomic E-state index is 9.16. The summed E-state index contributed by atoms with van der Waals surface area (Å²) in [5.41, 5.74) is 2.40. The Bertz CT molecular complexity index is 543. The summed E-state index contributed by atoms with van der Waals surface area (Å²) >= 11 is 0. The van der Waals surface area contributed by atoms with Crippen LogP contribution in [0.5, 0.6) is 0 Å². The molecule has 2 rings (SSSR count). The van der Waals surface area contributed by atoms with Gasteiger partial charge in [-0.1, -0.05) is 30.3 Å². The highest BCUT2D eigenvalue weighted by atomic mass is 14.8. The molecule has 1 aliphatic rings. The molecule has 16 heavy (non-hydrogen) atoms. The SMILES string of the molecule is [C-]#[N+]C1(C)c2ccccc2C(C)=CC1C#N. The summed E-state index contributed by atoms with van der Waals surface area (Å²) in [6.07, 6.45) is 1.90. The van der Waals surface area contributed by atoms with Gasteiger partial charge in [-0.3, -0.25) is 0 Å².